The molecule has 0 amide bonds. The first-order valence-electron chi connectivity index (χ1n) is 9.18. The molecule has 0 bridgehead atoms. The van der Waals surface area contributed by atoms with Crippen LogP contribution in [0.3, 0.4) is 0 Å². The minimum absolute atomic E-state index is 0.786. The van der Waals surface area contributed by atoms with Gasteiger partial charge in [0.25, 0.3) is 0 Å². The van der Waals surface area contributed by atoms with Crippen LogP contribution in [0.4, 0.5) is 0 Å². The Kier molecular flexibility index (Phi) is 9.15. The SMILES string of the molecule is Cl[Si](Cl)(Cl)[Ge]([C](c1ccccc1)(c1ccccc1)c1ccccc1)([Si](Cl)(Cl)Cl)[Si](Cl)(Cl)Cl. The van der Waals surface area contributed by atoms with Crippen molar-refractivity contribution in [3.63, 3.8) is 0 Å². The van der Waals surface area contributed by atoms with E-state index in [1.807, 2.05) is 91.0 Å². The molecule has 0 fully saturated rings. The van der Waals surface area contributed by atoms with Gasteiger partial charge < -0.3 is 0 Å². The summed E-state index contributed by atoms with van der Waals surface area (Å²) < 4.78 is -13.0. The van der Waals surface area contributed by atoms with E-state index in [2.05, 4.69) is 0 Å². The van der Waals surface area contributed by atoms with Crippen LogP contribution < -0.4 is 0 Å². The quantitative estimate of drug-likeness (QED) is 0.130. The summed E-state index contributed by atoms with van der Waals surface area (Å²) in [5.74, 6) is 0. The molecule has 0 aromatic heterocycles. The molecule has 0 N–H and O–H groups in total. The molecule has 0 radical (unpaired) electrons. The summed E-state index contributed by atoms with van der Waals surface area (Å²) in [5.41, 5.74) is 2.36. The summed E-state index contributed by atoms with van der Waals surface area (Å²) in [6.07, 6.45) is 0. The van der Waals surface area contributed by atoms with Crippen LogP contribution in [0.15, 0.2) is 91.0 Å². The third kappa shape index (κ3) is 4.62. The van der Waals surface area contributed by atoms with Crippen molar-refractivity contribution in [2.24, 2.45) is 0 Å². The summed E-state index contributed by atoms with van der Waals surface area (Å²) in [7, 11) is 0. The number of halogens is 9. The van der Waals surface area contributed by atoms with Crippen LogP contribution in [0.2, 0.25) is 0 Å². The van der Waals surface area contributed by atoms with Gasteiger partial charge in [-0.15, -0.1) is 0 Å². The molecule has 0 atom stereocenters. The van der Waals surface area contributed by atoms with E-state index in [4.69, 9.17) is 99.7 Å². The molecular formula is C19H15Cl9GeSi3. The van der Waals surface area contributed by atoms with Gasteiger partial charge in [0.2, 0.25) is 0 Å². The summed E-state index contributed by atoms with van der Waals surface area (Å²) in [6, 6.07) is 28.6. The predicted molar refractivity (Wildman–Crippen MR) is 155 cm³/mol. The van der Waals surface area contributed by atoms with Crippen molar-refractivity contribution in [1.29, 1.82) is 0 Å². The maximum atomic E-state index is 6.98. The Morgan fingerprint density at radius 3 is 0.812 bits per heavy atom. The molecule has 0 saturated carbocycles. The summed E-state index contributed by atoms with van der Waals surface area (Å²) >= 11 is 57.9. The van der Waals surface area contributed by atoms with E-state index in [0.717, 1.165) is 16.7 Å². The standard InChI is InChI=1S/C19H15Cl9GeSi3/c20-30(21,22)29(31(23,24)25,32(26,27)28)19(16-10-4-1-5-11-16,17-12-6-2-7-13-17)18-14-8-3-9-15-18/h1-15H. The van der Waals surface area contributed by atoms with Gasteiger partial charge in [0.1, 0.15) is 0 Å². The van der Waals surface area contributed by atoms with E-state index in [1.165, 1.54) is 0 Å². The van der Waals surface area contributed by atoms with Crippen LogP contribution >= 0.6 is 99.7 Å². The molecule has 0 aliphatic heterocycles. The van der Waals surface area contributed by atoms with Crippen molar-refractivity contribution in [2.75, 3.05) is 0 Å². The number of hydrogen-bond donors (Lipinski definition) is 0. The van der Waals surface area contributed by atoms with Crippen LogP contribution in [0, 0.1) is 0 Å². The zero-order chi connectivity index (χ0) is 23.8. The van der Waals surface area contributed by atoms with Crippen LogP contribution in [-0.4, -0.2) is 24.9 Å². The zero-order valence-electron chi connectivity index (χ0n) is 16.1. The van der Waals surface area contributed by atoms with Crippen molar-refractivity contribution in [1.82, 2.24) is 0 Å². The van der Waals surface area contributed by atoms with Gasteiger partial charge in [-0.1, -0.05) is 0 Å². The van der Waals surface area contributed by atoms with Crippen LogP contribution in [0.25, 0.3) is 0 Å². The van der Waals surface area contributed by atoms with Gasteiger partial charge in [0, 0.05) is 0 Å². The van der Waals surface area contributed by atoms with Crippen molar-refractivity contribution in [2.45, 2.75) is 4.25 Å². The predicted octanol–water partition coefficient (Wildman–Crippen LogP) is 9.21. The molecule has 3 rings (SSSR count). The molecule has 0 nitrogen and oxygen atoms in total. The zero-order valence-corrected chi connectivity index (χ0v) is 28.0. The van der Waals surface area contributed by atoms with Crippen molar-refractivity contribution in [3.8, 4) is 0 Å². The third-order valence-electron chi connectivity index (χ3n) is 5.46. The van der Waals surface area contributed by atoms with Crippen molar-refractivity contribution < 1.29 is 0 Å². The van der Waals surface area contributed by atoms with E-state index >= 15 is 0 Å². The molecule has 0 aliphatic rings. The Morgan fingerprint density at radius 1 is 0.406 bits per heavy atom. The Hall–Kier alpha value is 1.46. The molecule has 0 heterocycles. The first kappa shape index (κ1) is 28.0. The number of benzene rings is 3. The van der Waals surface area contributed by atoms with Gasteiger partial charge in [0.15, 0.2) is 0 Å². The molecule has 0 saturated heterocycles. The van der Waals surface area contributed by atoms with Gasteiger partial charge in [-0.3, -0.25) is 0 Å². The molecule has 3 aromatic carbocycles. The van der Waals surface area contributed by atoms with E-state index in [1.54, 1.807) is 0 Å². The molecule has 32 heavy (non-hydrogen) atoms. The van der Waals surface area contributed by atoms with Gasteiger partial charge >= 0.3 is 237 Å². The summed E-state index contributed by atoms with van der Waals surface area (Å²) in [4.78, 5) is 0. The fraction of sp³-hybridized carbons (Fsp3) is 0.0526. The van der Waals surface area contributed by atoms with Gasteiger partial charge in [-0.25, -0.2) is 0 Å². The number of rotatable bonds is 7. The van der Waals surface area contributed by atoms with Crippen LogP contribution in [-0.2, 0) is 4.25 Å². The van der Waals surface area contributed by atoms with E-state index in [0.29, 0.717) is 0 Å². The maximum absolute atomic E-state index is 6.98. The second-order valence-electron chi connectivity index (χ2n) is 7.09. The minimum atomic E-state index is -4.88. The molecule has 0 unspecified atom stereocenters. The monoisotopic (exact) mass is 716 g/mol. The van der Waals surface area contributed by atoms with Gasteiger partial charge in [-0.2, -0.15) is 0 Å². The van der Waals surface area contributed by atoms with Gasteiger partial charge in [-0.05, 0) is 0 Å². The molecule has 0 spiro atoms. The molecular weight excluding hydrogens is 704 g/mol. The fourth-order valence-electron chi connectivity index (χ4n) is 4.33. The van der Waals surface area contributed by atoms with E-state index < -0.39 is 29.1 Å². The van der Waals surface area contributed by atoms with Crippen LogP contribution in [0.5, 0.6) is 0 Å². The first-order valence-corrected chi connectivity index (χ1v) is 34.8. The Balaban J connectivity index is 2.74. The molecule has 3 aromatic rings. The third-order valence-corrected chi connectivity index (χ3v) is 153. The Morgan fingerprint density at radius 2 is 0.625 bits per heavy atom. The fourth-order valence-corrected chi connectivity index (χ4v) is 246. The first-order chi connectivity index (χ1) is 14.8. The van der Waals surface area contributed by atoms with Crippen molar-refractivity contribution >= 4 is 125 Å². The summed E-state index contributed by atoms with van der Waals surface area (Å²) in [5, 5.41) is 0. The normalized spacial score (nSPS) is 13.8. The van der Waals surface area contributed by atoms with E-state index in [-0.39, 0.29) is 0 Å². The molecule has 0 aliphatic carbocycles. The average Bonchev–Trinajstić information content (AvgIpc) is 2.71. The van der Waals surface area contributed by atoms with Crippen molar-refractivity contribution in [3.05, 3.63) is 108 Å². The topological polar surface area (TPSA) is 0 Å². The Bertz CT molecular complexity index is 904. The second-order valence-corrected chi connectivity index (χ2v) is 86.9. The van der Waals surface area contributed by atoms with E-state index in [9.17, 15) is 0 Å². The second kappa shape index (κ2) is 10.4. The average molecular weight is 719 g/mol. The number of hydrogen-bond acceptors (Lipinski definition) is 0. The van der Waals surface area contributed by atoms with Crippen LogP contribution in [0.1, 0.15) is 16.7 Å². The molecule has 13 heteroatoms. The molecule has 170 valence electrons. The van der Waals surface area contributed by atoms with Gasteiger partial charge in [0.05, 0.1) is 0 Å². The Labute approximate surface area is 233 Å². The summed E-state index contributed by atoms with van der Waals surface area (Å²) in [6.45, 7) is 0.